The zero-order chi connectivity index (χ0) is 25.2. The highest BCUT2D eigenvalue weighted by Gasteiger charge is 2.67. The summed E-state index contributed by atoms with van der Waals surface area (Å²) in [6, 6.07) is 2.07. The number of fused-ring (bicyclic) bond motifs is 3. The van der Waals surface area contributed by atoms with Gasteiger partial charge in [0.25, 0.3) is 0 Å². The minimum Gasteiger partial charge on any atom is -0.507 e. The summed E-state index contributed by atoms with van der Waals surface area (Å²) in [5.41, 5.74) is 2.09. The molecule has 9 heteroatoms. The molecule has 0 bridgehead atoms. The molecule has 1 aromatic rings. The van der Waals surface area contributed by atoms with E-state index in [1.807, 2.05) is 0 Å². The summed E-state index contributed by atoms with van der Waals surface area (Å²) in [4.78, 5) is 40.2. The summed E-state index contributed by atoms with van der Waals surface area (Å²) in [5.74, 6) is 0.683. The van der Waals surface area contributed by atoms with Gasteiger partial charge in [-0.1, -0.05) is 5.92 Å². The second-order valence-electron chi connectivity index (χ2n) is 9.72. The number of ketones is 2. The predicted octanol–water partition coefficient (Wildman–Crippen LogP) is 0.0346. The first kappa shape index (κ1) is 24.0. The molecule has 0 spiro atoms. The molecule has 1 aromatic carbocycles. The molecule has 3 aliphatic rings. The first-order valence-corrected chi connectivity index (χ1v) is 11.1. The summed E-state index contributed by atoms with van der Waals surface area (Å²) >= 11 is 0. The fourth-order valence-electron chi connectivity index (χ4n) is 6.28. The van der Waals surface area contributed by atoms with Crippen molar-refractivity contribution in [2.45, 2.75) is 49.9 Å². The lowest BCUT2D eigenvalue weighted by molar-refractivity contribution is -0.189. The topological polar surface area (TPSA) is 161 Å². The van der Waals surface area contributed by atoms with E-state index in [1.165, 1.54) is 6.07 Å². The number of carbonyl (C=O) groups is 3. The van der Waals surface area contributed by atoms with Crippen LogP contribution in [0.1, 0.15) is 42.9 Å². The molecule has 0 radical (unpaired) electrons. The Morgan fingerprint density at radius 3 is 2.50 bits per heavy atom. The van der Waals surface area contributed by atoms with Crippen molar-refractivity contribution in [3.63, 3.8) is 0 Å². The van der Waals surface area contributed by atoms with Crippen LogP contribution in [-0.4, -0.2) is 74.1 Å². The van der Waals surface area contributed by atoms with Crippen molar-refractivity contribution in [3.8, 4) is 17.6 Å². The number of aliphatic hydroxyl groups is 3. The number of primary amides is 1. The van der Waals surface area contributed by atoms with Crippen LogP contribution < -0.4 is 5.73 Å². The third kappa shape index (κ3) is 3.25. The molecule has 0 aliphatic heterocycles. The van der Waals surface area contributed by atoms with E-state index in [9.17, 15) is 34.8 Å². The summed E-state index contributed by atoms with van der Waals surface area (Å²) in [6.45, 7) is 1.66. The van der Waals surface area contributed by atoms with Gasteiger partial charge in [-0.3, -0.25) is 14.4 Å². The van der Waals surface area contributed by atoms with Crippen LogP contribution in [0.5, 0.6) is 5.75 Å². The SMILES string of the molecule is CC#Cc1ccc(O)c2c1C[C@H]1C[C@H]3[C@H](N(C)C)C(O)(CC(N)=O)CC(=O)[C@@]3(O)C(=O)C1=C2O. The maximum absolute atomic E-state index is 13.7. The molecule has 2 saturated carbocycles. The molecule has 4 rings (SSSR count). The molecule has 6 N–H and O–H groups in total. The fraction of sp³-hybridized carbons (Fsp3) is 0.480. The third-order valence-corrected chi connectivity index (χ3v) is 7.43. The molecular weight excluding hydrogens is 440 g/mol. The third-order valence-electron chi connectivity index (χ3n) is 7.43. The number of nitrogens with two attached hydrogens (primary N) is 1. The zero-order valence-corrected chi connectivity index (χ0v) is 19.3. The zero-order valence-electron chi connectivity index (χ0n) is 19.3. The van der Waals surface area contributed by atoms with E-state index in [-0.39, 0.29) is 29.7 Å². The Hall–Kier alpha value is -3.19. The van der Waals surface area contributed by atoms with Crippen molar-refractivity contribution in [2.24, 2.45) is 17.6 Å². The molecule has 1 amide bonds. The van der Waals surface area contributed by atoms with Crippen LogP contribution >= 0.6 is 0 Å². The van der Waals surface area contributed by atoms with Gasteiger partial charge in [-0.05, 0) is 57.5 Å². The number of Topliss-reactive ketones (excluding diaryl/α,β-unsaturated/α-hetero) is 2. The van der Waals surface area contributed by atoms with E-state index in [0.717, 1.165) is 0 Å². The second kappa shape index (κ2) is 7.94. The van der Waals surface area contributed by atoms with Crippen LogP contribution in [0.3, 0.4) is 0 Å². The minimum atomic E-state index is -2.49. The van der Waals surface area contributed by atoms with Crippen molar-refractivity contribution in [2.75, 3.05) is 14.1 Å². The summed E-state index contributed by atoms with van der Waals surface area (Å²) < 4.78 is 0. The van der Waals surface area contributed by atoms with Crippen molar-refractivity contribution >= 4 is 23.2 Å². The number of benzene rings is 1. The van der Waals surface area contributed by atoms with Gasteiger partial charge in [0.05, 0.1) is 17.6 Å². The van der Waals surface area contributed by atoms with Crippen molar-refractivity contribution in [1.29, 1.82) is 0 Å². The highest BCUT2D eigenvalue weighted by Crippen LogP contribution is 2.53. The van der Waals surface area contributed by atoms with Gasteiger partial charge in [-0.25, -0.2) is 0 Å². The number of hydrogen-bond acceptors (Lipinski definition) is 8. The van der Waals surface area contributed by atoms with Gasteiger partial charge in [-0.15, -0.1) is 5.92 Å². The Morgan fingerprint density at radius 1 is 1.24 bits per heavy atom. The fourth-order valence-corrected chi connectivity index (χ4v) is 6.28. The molecule has 34 heavy (non-hydrogen) atoms. The molecular formula is C25H28N2O7. The van der Waals surface area contributed by atoms with E-state index in [1.54, 1.807) is 32.0 Å². The predicted molar refractivity (Wildman–Crippen MR) is 121 cm³/mol. The number of amides is 1. The van der Waals surface area contributed by atoms with E-state index < -0.39 is 65.2 Å². The second-order valence-corrected chi connectivity index (χ2v) is 9.72. The number of hydrogen-bond donors (Lipinski definition) is 5. The average molecular weight is 469 g/mol. The van der Waals surface area contributed by atoms with Gasteiger partial charge in [0.2, 0.25) is 11.7 Å². The number of rotatable bonds is 3. The quantitative estimate of drug-likeness (QED) is 0.307. The number of carbonyl (C=O) groups excluding carboxylic acids is 3. The Morgan fingerprint density at radius 2 is 1.91 bits per heavy atom. The van der Waals surface area contributed by atoms with Crippen LogP contribution in [0, 0.1) is 23.7 Å². The monoisotopic (exact) mass is 468 g/mol. The van der Waals surface area contributed by atoms with E-state index in [2.05, 4.69) is 11.8 Å². The smallest absolute Gasteiger partial charge is 0.220 e. The number of aliphatic hydroxyl groups excluding tert-OH is 1. The number of phenolic OH excluding ortho intramolecular Hbond substituents is 1. The van der Waals surface area contributed by atoms with Crippen molar-refractivity contribution in [1.82, 2.24) is 4.90 Å². The van der Waals surface area contributed by atoms with E-state index in [4.69, 9.17) is 5.73 Å². The van der Waals surface area contributed by atoms with Gasteiger partial charge < -0.3 is 31.1 Å². The Kier molecular flexibility index (Phi) is 5.60. The highest BCUT2D eigenvalue weighted by molar-refractivity contribution is 6.21. The number of likely N-dealkylation sites (N-methyl/N-ethyl adjacent to an activating group) is 1. The van der Waals surface area contributed by atoms with Crippen LogP contribution in [-0.2, 0) is 20.8 Å². The van der Waals surface area contributed by atoms with Gasteiger partial charge in [0.15, 0.2) is 11.4 Å². The molecule has 180 valence electrons. The molecule has 5 atom stereocenters. The maximum atomic E-state index is 13.7. The Balaban J connectivity index is 1.91. The lowest BCUT2D eigenvalue weighted by Gasteiger charge is -2.56. The molecule has 0 saturated heterocycles. The number of phenols is 1. The standard InChI is InChI=1S/C25H28N2O7/c1-4-5-12-6-7-16(28)20-14(12)8-13-9-15-22(27(2)3)24(33,11-18(26)30)10-17(29)25(15,34)23(32)19(13)21(20)31/h6-7,13,15,22,28,31,33-34H,8-11H2,1-3H3,(H2,26,30)/t13-,15-,22-,24?,25+/m0/s1. The Labute approximate surface area is 196 Å². The summed E-state index contributed by atoms with van der Waals surface area (Å²) in [5, 5.41) is 44.4. The molecule has 0 aromatic heterocycles. The first-order chi connectivity index (χ1) is 15.9. The number of nitrogens with zero attached hydrogens (tertiary/aromatic N) is 1. The summed E-state index contributed by atoms with van der Waals surface area (Å²) in [6.07, 6.45) is -0.846. The Bertz CT molecular complexity index is 1210. The number of aromatic hydroxyl groups is 1. The van der Waals surface area contributed by atoms with Gasteiger partial charge >= 0.3 is 0 Å². The lowest BCUT2D eigenvalue weighted by atomic mass is 9.53. The largest absolute Gasteiger partial charge is 0.507 e. The molecule has 0 heterocycles. The first-order valence-electron chi connectivity index (χ1n) is 11.1. The summed E-state index contributed by atoms with van der Waals surface area (Å²) in [7, 11) is 3.26. The van der Waals surface area contributed by atoms with Crippen molar-refractivity contribution < 1.29 is 34.8 Å². The lowest BCUT2D eigenvalue weighted by Crippen LogP contribution is -2.73. The maximum Gasteiger partial charge on any atom is 0.220 e. The molecule has 9 nitrogen and oxygen atoms in total. The normalized spacial score (nSPS) is 32.5. The molecule has 2 fully saturated rings. The van der Waals surface area contributed by atoms with E-state index >= 15 is 0 Å². The highest BCUT2D eigenvalue weighted by atomic mass is 16.3. The van der Waals surface area contributed by atoms with Gasteiger partial charge in [0.1, 0.15) is 11.5 Å². The van der Waals surface area contributed by atoms with E-state index in [0.29, 0.717) is 11.1 Å². The molecule has 3 aliphatic carbocycles. The average Bonchev–Trinajstić information content (AvgIpc) is 2.71. The van der Waals surface area contributed by atoms with Crippen LogP contribution in [0.15, 0.2) is 17.7 Å². The molecule has 1 unspecified atom stereocenters. The van der Waals surface area contributed by atoms with Gasteiger partial charge in [-0.2, -0.15) is 0 Å². The van der Waals surface area contributed by atoms with Crippen LogP contribution in [0.25, 0.3) is 5.76 Å². The minimum absolute atomic E-state index is 0.0690. The van der Waals surface area contributed by atoms with Crippen molar-refractivity contribution in [3.05, 3.63) is 34.4 Å². The van der Waals surface area contributed by atoms with Crippen LogP contribution in [0.4, 0.5) is 0 Å². The van der Waals surface area contributed by atoms with Crippen LogP contribution in [0.2, 0.25) is 0 Å². The van der Waals surface area contributed by atoms with Gasteiger partial charge in [0, 0.05) is 29.5 Å².